The van der Waals surface area contributed by atoms with Crippen molar-refractivity contribution < 1.29 is 9.90 Å². The summed E-state index contributed by atoms with van der Waals surface area (Å²) in [4.78, 5) is 13.8. The molecule has 4 nitrogen and oxygen atoms in total. The van der Waals surface area contributed by atoms with Gasteiger partial charge in [-0.05, 0) is 18.2 Å². The number of aliphatic imine (C=N–C) groups is 1. The maximum Gasteiger partial charge on any atom is 0.346 e. The van der Waals surface area contributed by atoms with Crippen LogP contribution in [0.4, 0.5) is 5.69 Å². The average Bonchev–Trinajstić information content (AvgIpc) is 2.16. The van der Waals surface area contributed by atoms with E-state index in [2.05, 4.69) is 4.99 Å². The first-order valence-electron chi connectivity index (χ1n) is 3.60. The Hall–Kier alpha value is -1.86. The minimum Gasteiger partial charge on any atom is -0.477 e. The average molecular weight is 209 g/mol. The molecule has 0 saturated heterocycles. The lowest BCUT2D eigenvalue weighted by Gasteiger charge is -1.95. The number of hydrogen-bond acceptors (Lipinski definition) is 3. The van der Waals surface area contributed by atoms with Gasteiger partial charge in [0, 0.05) is 0 Å². The topological polar surface area (TPSA) is 73.5 Å². The normalized spacial score (nSPS) is 10.0. The fourth-order valence-electron chi connectivity index (χ4n) is 0.809. The third-order valence-electron chi connectivity index (χ3n) is 1.39. The number of nitriles is 1. The van der Waals surface area contributed by atoms with Crippen molar-refractivity contribution in [3.05, 3.63) is 28.8 Å². The highest BCUT2D eigenvalue weighted by Crippen LogP contribution is 2.21. The predicted molar refractivity (Wildman–Crippen MR) is 52.0 cm³/mol. The van der Waals surface area contributed by atoms with Crippen LogP contribution in [0.3, 0.4) is 0 Å². The minimum absolute atomic E-state index is 0.270. The summed E-state index contributed by atoms with van der Waals surface area (Å²) in [5.74, 6) is -1.14. The second kappa shape index (κ2) is 4.40. The standard InChI is InChI=1S/C9H5ClN2O2/c10-8-2-1-7(3-6(8)4-11)12-5-9(13)14/h1-3,5H,(H,13,14)/b12-5+. The largest absolute Gasteiger partial charge is 0.477 e. The Morgan fingerprint density at radius 2 is 2.36 bits per heavy atom. The van der Waals surface area contributed by atoms with E-state index in [-0.39, 0.29) is 5.56 Å². The molecular weight excluding hydrogens is 204 g/mol. The zero-order valence-corrected chi connectivity index (χ0v) is 7.69. The first-order chi connectivity index (χ1) is 6.63. The van der Waals surface area contributed by atoms with E-state index in [1.54, 1.807) is 0 Å². The van der Waals surface area contributed by atoms with E-state index in [0.717, 1.165) is 6.21 Å². The molecule has 1 aromatic rings. The molecule has 0 radical (unpaired) electrons. The molecular formula is C9H5ClN2O2. The Morgan fingerprint density at radius 1 is 1.64 bits per heavy atom. The molecule has 0 aliphatic heterocycles. The van der Waals surface area contributed by atoms with Gasteiger partial charge in [-0.2, -0.15) is 5.26 Å². The SMILES string of the molecule is N#Cc1cc(/N=C/C(=O)O)ccc1Cl. The van der Waals surface area contributed by atoms with Crippen molar-refractivity contribution in [2.45, 2.75) is 0 Å². The van der Waals surface area contributed by atoms with Crippen LogP contribution >= 0.6 is 11.6 Å². The molecule has 0 aromatic heterocycles. The third-order valence-corrected chi connectivity index (χ3v) is 1.72. The molecule has 0 bridgehead atoms. The van der Waals surface area contributed by atoms with Gasteiger partial charge in [-0.3, -0.25) is 0 Å². The Morgan fingerprint density at radius 3 is 2.93 bits per heavy atom. The van der Waals surface area contributed by atoms with Crippen LogP contribution in [0.2, 0.25) is 5.02 Å². The van der Waals surface area contributed by atoms with Gasteiger partial charge in [0.1, 0.15) is 12.3 Å². The van der Waals surface area contributed by atoms with Crippen molar-refractivity contribution >= 4 is 29.5 Å². The molecule has 14 heavy (non-hydrogen) atoms. The second-order valence-corrected chi connectivity index (χ2v) is 2.78. The molecule has 70 valence electrons. The summed E-state index contributed by atoms with van der Waals surface area (Å²) < 4.78 is 0. The lowest BCUT2D eigenvalue weighted by Crippen LogP contribution is -1.93. The number of nitrogens with zero attached hydrogens (tertiary/aromatic N) is 2. The number of carbonyl (C=O) groups is 1. The molecule has 5 heteroatoms. The van der Waals surface area contributed by atoms with Crippen LogP contribution in [-0.4, -0.2) is 17.3 Å². The maximum absolute atomic E-state index is 10.2. The summed E-state index contributed by atoms with van der Waals surface area (Å²) in [5.41, 5.74) is 0.653. The highest BCUT2D eigenvalue weighted by molar-refractivity contribution is 6.31. The van der Waals surface area contributed by atoms with Crippen LogP contribution < -0.4 is 0 Å². The molecule has 1 N–H and O–H groups in total. The number of halogens is 1. The maximum atomic E-state index is 10.2. The quantitative estimate of drug-likeness (QED) is 0.756. The molecule has 0 spiro atoms. The molecule has 0 fully saturated rings. The number of aliphatic carboxylic acids is 1. The lowest BCUT2D eigenvalue weighted by atomic mass is 10.2. The number of rotatable bonds is 2. The van der Waals surface area contributed by atoms with Crippen molar-refractivity contribution in [2.24, 2.45) is 4.99 Å². The van der Waals surface area contributed by atoms with Crippen molar-refractivity contribution in [3.8, 4) is 6.07 Å². The van der Waals surface area contributed by atoms with Gasteiger partial charge in [-0.15, -0.1) is 0 Å². The van der Waals surface area contributed by atoms with Crippen LogP contribution in [0.15, 0.2) is 23.2 Å². The fourth-order valence-corrected chi connectivity index (χ4v) is 0.969. The smallest absolute Gasteiger partial charge is 0.346 e. The van der Waals surface area contributed by atoms with Crippen LogP contribution in [-0.2, 0) is 4.79 Å². The second-order valence-electron chi connectivity index (χ2n) is 2.37. The van der Waals surface area contributed by atoms with Gasteiger partial charge < -0.3 is 5.11 Å². The van der Waals surface area contributed by atoms with Gasteiger partial charge in [-0.1, -0.05) is 11.6 Å². The van der Waals surface area contributed by atoms with E-state index in [0.29, 0.717) is 10.7 Å². The van der Waals surface area contributed by atoms with Crippen molar-refractivity contribution in [1.29, 1.82) is 5.26 Å². The molecule has 1 aromatic carbocycles. The van der Waals surface area contributed by atoms with Crippen LogP contribution in [0, 0.1) is 11.3 Å². The minimum atomic E-state index is -1.14. The monoisotopic (exact) mass is 208 g/mol. The number of hydrogen-bond donors (Lipinski definition) is 1. The fraction of sp³-hybridized carbons (Fsp3) is 0. The summed E-state index contributed by atoms with van der Waals surface area (Å²) >= 11 is 5.67. The Kier molecular flexibility index (Phi) is 3.21. The van der Waals surface area contributed by atoms with Gasteiger partial charge in [-0.25, -0.2) is 9.79 Å². The van der Waals surface area contributed by atoms with Crippen molar-refractivity contribution in [3.63, 3.8) is 0 Å². The first-order valence-corrected chi connectivity index (χ1v) is 3.98. The van der Waals surface area contributed by atoms with Crippen LogP contribution in [0.1, 0.15) is 5.56 Å². The summed E-state index contributed by atoms with van der Waals surface area (Å²) in [6, 6.07) is 6.31. The molecule has 0 aliphatic rings. The van der Waals surface area contributed by atoms with E-state index in [1.165, 1.54) is 18.2 Å². The van der Waals surface area contributed by atoms with E-state index < -0.39 is 5.97 Å². The summed E-state index contributed by atoms with van der Waals surface area (Å²) in [6.45, 7) is 0. The molecule has 0 aliphatic carbocycles. The zero-order valence-electron chi connectivity index (χ0n) is 6.94. The van der Waals surface area contributed by atoms with Gasteiger partial charge in [0.05, 0.1) is 16.3 Å². The highest BCUT2D eigenvalue weighted by Gasteiger charge is 1.99. The molecule has 0 saturated carbocycles. The molecule has 0 amide bonds. The first kappa shape index (κ1) is 10.2. The van der Waals surface area contributed by atoms with Gasteiger partial charge in [0.25, 0.3) is 0 Å². The van der Waals surface area contributed by atoms with Gasteiger partial charge in [0.15, 0.2) is 0 Å². The summed E-state index contributed by atoms with van der Waals surface area (Å²) in [7, 11) is 0. The number of carboxylic acids is 1. The Bertz CT molecular complexity index is 435. The molecule has 0 unspecified atom stereocenters. The Labute approximate surface area is 85.1 Å². The highest BCUT2D eigenvalue weighted by atomic mass is 35.5. The Balaban J connectivity index is 3.03. The van der Waals surface area contributed by atoms with E-state index in [1.807, 2.05) is 6.07 Å². The summed E-state index contributed by atoms with van der Waals surface area (Å²) in [5, 5.41) is 17.3. The summed E-state index contributed by atoms with van der Waals surface area (Å²) in [6.07, 6.45) is 0.754. The molecule has 1 rings (SSSR count). The van der Waals surface area contributed by atoms with Gasteiger partial charge in [0.2, 0.25) is 0 Å². The van der Waals surface area contributed by atoms with Crippen LogP contribution in [0.25, 0.3) is 0 Å². The van der Waals surface area contributed by atoms with Crippen molar-refractivity contribution in [1.82, 2.24) is 0 Å². The van der Waals surface area contributed by atoms with Gasteiger partial charge >= 0.3 is 5.97 Å². The lowest BCUT2D eigenvalue weighted by molar-refractivity contribution is -0.128. The van der Waals surface area contributed by atoms with E-state index >= 15 is 0 Å². The predicted octanol–water partition coefficient (Wildman–Crippen LogP) is 2.00. The van der Waals surface area contributed by atoms with Crippen molar-refractivity contribution in [2.75, 3.05) is 0 Å². The zero-order chi connectivity index (χ0) is 10.6. The van der Waals surface area contributed by atoms with Crippen LogP contribution in [0.5, 0.6) is 0 Å². The molecule has 0 heterocycles. The number of carboxylic acid groups (broad SMARTS) is 1. The third kappa shape index (κ3) is 2.57. The van der Waals surface area contributed by atoms with E-state index in [4.69, 9.17) is 22.0 Å². The molecule has 0 atom stereocenters. The van der Waals surface area contributed by atoms with E-state index in [9.17, 15) is 4.79 Å². The number of benzene rings is 1.